The molecule has 0 fully saturated rings. The van der Waals surface area contributed by atoms with Gasteiger partial charge >= 0.3 is 23.9 Å². The molecule has 0 N–H and O–H groups in total. The Labute approximate surface area is 121 Å². The van der Waals surface area contributed by atoms with Gasteiger partial charge in [0.2, 0.25) is 0 Å². The van der Waals surface area contributed by atoms with E-state index in [9.17, 15) is 19.2 Å². The second-order valence-corrected chi connectivity index (χ2v) is 3.91. The average Bonchev–Trinajstić information content (AvgIpc) is 2.40. The van der Waals surface area contributed by atoms with Crippen LogP contribution in [0, 0.1) is 0 Å². The van der Waals surface area contributed by atoms with Crippen molar-refractivity contribution >= 4 is 23.9 Å². The quantitative estimate of drug-likeness (QED) is 0.226. The van der Waals surface area contributed by atoms with Crippen molar-refractivity contribution in [3.8, 4) is 0 Å². The van der Waals surface area contributed by atoms with E-state index in [1.54, 1.807) is 0 Å². The van der Waals surface area contributed by atoms with Crippen molar-refractivity contribution in [1.29, 1.82) is 0 Å². The average molecular weight is 296 g/mol. The standard InChI is InChI=1S/C14H16O7/c1-9(2)13(17)20-8-7-19-11(15)5-6-12(16)21-14(18)10(3)4/h5-6H,1,3,7-8H2,2,4H3/b6-5-. The van der Waals surface area contributed by atoms with Crippen LogP contribution in [0.3, 0.4) is 0 Å². The number of rotatable bonds is 7. The van der Waals surface area contributed by atoms with Crippen LogP contribution in [-0.4, -0.2) is 37.1 Å². The lowest BCUT2D eigenvalue weighted by Gasteiger charge is -2.04. The van der Waals surface area contributed by atoms with E-state index in [1.807, 2.05) is 0 Å². The third kappa shape index (κ3) is 8.93. The van der Waals surface area contributed by atoms with Gasteiger partial charge in [-0.2, -0.15) is 0 Å². The van der Waals surface area contributed by atoms with E-state index >= 15 is 0 Å². The van der Waals surface area contributed by atoms with Crippen LogP contribution in [0.2, 0.25) is 0 Å². The van der Waals surface area contributed by atoms with Crippen molar-refractivity contribution in [3.63, 3.8) is 0 Å². The van der Waals surface area contributed by atoms with Gasteiger partial charge < -0.3 is 14.2 Å². The van der Waals surface area contributed by atoms with Gasteiger partial charge in [-0.1, -0.05) is 13.2 Å². The summed E-state index contributed by atoms with van der Waals surface area (Å²) in [7, 11) is 0. The van der Waals surface area contributed by atoms with Crippen molar-refractivity contribution in [2.24, 2.45) is 0 Å². The third-order valence-electron chi connectivity index (χ3n) is 1.81. The Morgan fingerprint density at radius 1 is 0.810 bits per heavy atom. The van der Waals surface area contributed by atoms with Gasteiger partial charge in [0, 0.05) is 23.3 Å². The highest BCUT2D eigenvalue weighted by atomic mass is 16.6. The van der Waals surface area contributed by atoms with Crippen molar-refractivity contribution in [1.82, 2.24) is 0 Å². The molecule has 0 aromatic rings. The zero-order valence-corrected chi connectivity index (χ0v) is 11.8. The highest BCUT2D eigenvalue weighted by Crippen LogP contribution is 1.95. The molecule has 0 aromatic carbocycles. The van der Waals surface area contributed by atoms with E-state index < -0.39 is 23.9 Å². The molecule has 0 aliphatic carbocycles. The van der Waals surface area contributed by atoms with Crippen molar-refractivity contribution < 1.29 is 33.4 Å². The zero-order valence-electron chi connectivity index (χ0n) is 11.8. The largest absolute Gasteiger partial charge is 0.459 e. The normalized spacial score (nSPS) is 9.81. The summed E-state index contributed by atoms with van der Waals surface area (Å²) in [5.74, 6) is -3.34. The van der Waals surface area contributed by atoms with Gasteiger partial charge in [0.15, 0.2) is 0 Å². The molecule has 0 unspecified atom stereocenters. The molecule has 0 radical (unpaired) electrons. The summed E-state index contributed by atoms with van der Waals surface area (Å²) in [6.45, 7) is 9.21. The maximum atomic E-state index is 11.2. The summed E-state index contributed by atoms with van der Waals surface area (Å²) in [5.41, 5.74) is 0.282. The molecule has 0 aliphatic heterocycles. The summed E-state index contributed by atoms with van der Waals surface area (Å²) in [4.78, 5) is 44.2. The third-order valence-corrected chi connectivity index (χ3v) is 1.81. The Balaban J connectivity index is 3.98. The Morgan fingerprint density at radius 3 is 1.81 bits per heavy atom. The monoisotopic (exact) mass is 296 g/mol. The Kier molecular flexibility index (Phi) is 8.05. The number of ether oxygens (including phenoxy) is 3. The van der Waals surface area contributed by atoms with Gasteiger partial charge in [-0.3, -0.25) is 0 Å². The van der Waals surface area contributed by atoms with Crippen LogP contribution >= 0.6 is 0 Å². The minimum absolute atomic E-state index is 0.0543. The summed E-state index contributed by atoms with van der Waals surface area (Å²) in [6.07, 6.45) is 1.53. The number of esters is 4. The highest BCUT2D eigenvalue weighted by Gasteiger charge is 2.09. The van der Waals surface area contributed by atoms with Gasteiger partial charge in [0.05, 0.1) is 0 Å². The highest BCUT2D eigenvalue weighted by molar-refractivity contribution is 6.00. The topological polar surface area (TPSA) is 96.0 Å². The summed E-state index contributed by atoms with van der Waals surface area (Å²) in [5, 5.41) is 0. The maximum absolute atomic E-state index is 11.2. The van der Waals surface area contributed by atoms with Gasteiger partial charge in [-0.25, -0.2) is 19.2 Å². The van der Waals surface area contributed by atoms with Crippen molar-refractivity contribution in [2.45, 2.75) is 13.8 Å². The maximum Gasteiger partial charge on any atom is 0.340 e. The predicted molar refractivity (Wildman–Crippen MR) is 71.8 cm³/mol. The molecule has 0 bridgehead atoms. The van der Waals surface area contributed by atoms with Crippen molar-refractivity contribution in [3.05, 3.63) is 36.5 Å². The Bertz CT molecular complexity index is 499. The molecule has 0 rings (SSSR count). The molecule has 0 saturated carbocycles. The first-order valence-electron chi connectivity index (χ1n) is 5.83. The first-order chi connectivity index (χ1) is 9.73. The molecule has 0 saturated heterocycles. The van der Waals surface area contributed by atoms with Gasteiger partial charge in [0.25, 0.3) is 0 Å². The lowest BCUT2D eigenvalue weighted by Crippen LogP contribution is -2.14. The summed E-state index contributed by atoms with van der Waals surface area (Å²) in [6, 6.07) is 0. The van der Waals surface area contributed by atoms with Gasteiger partial charge in [-0.15, -0.1) is 0 Å². The molecule has 0 aromatic heterocycles. The van der Waals surface area contributed by atoms with E-state index in [2.05, 4.69) is 27.4 Å². The predicted octanol–water partition coefficient (Wildman–Crippen LogP) is 0.851. The van der Waals surface area contributed by atoms with E-state index in [0.717, 1.165) is 12.2 Å². The smallest absolute Gasteiger partial charge is 0.340 e. The summed E-state index contributed by atoms with van der Waals surface area (Å²) >= 11 is 0. The van der Waals surface area contributed by atoms with Crippen LogP contribution in [0.5, 0.6) is 0 Å². The van der Waals surface area contributed by atoms with E-state index in [-0.39, 0.29) is 24.4 Å². The van der Waals surface area contributed by atoms with Gasteiger partial charge in [-0.05, 0) is 13.8 Å². The number of hydrogen-bond acceptors (Lipinski definition) is 7. The first-order valence-corrected chi connectivity index (χ1v) is 5.83. The van der Waals surface area contributed by atoms with Crippen molar-refractivity contribution in [2.75, 3.05) is 13.2 Å². The molecule has 0 aliphatic rings. The van der Waals surface area contributed by atoms with E-state index in [0.29, 0.717) is 0 Å². The second kappa shape index (κ2) is 9.24. The summed E-state index contributed by atoms with van der Waals surface area (Å²) < 4.78 is 13.6. The fourth-order valence-corrected chi connectivity index (χ4v) is 0.797. The molecular weight excluding hydrogens is 280 g/mol. The minimum atomic E-state index is -1.02. The lowest BCUT2D eigenvalue weighted by atomic mass is 10.4. The van der Waals surface area contributed by atoms with Crippen LogP contribution in [-0.2, 0) is 33.4 Å². The number of hydrogen-bond donors (Lipinski definition) is 0. The molecule has 21 heavy (non-hydrogen) atoms. The molecular formula is C14H16O7. The zero-order chi connectivity index (χ0) is 16.4. The van der Waals surface area contributed by atoms with Crippen LogP contribution in [0.1, 0.15) is 13.8 Å². The molecule has 0 amide bonds. The Hall–Kier alpha value is -2.70. The van der Waals surface area contributed by atoms with Crippen LogP contribution < -0.4 is 0 Å². The molecule has 114 valence electrons. The van der Waals surface area contributed by atoms with E-state index in [1.165, 1.54) is 13.8 Å². The van der Waals surface area contributed by atoms with Gasteiger partial charge in [0.1, 0.15) is 13.2 Å². The first kappa shape index (κ1) is 18.3. The van der Waals surface area contributed by atoms with E-state index in [4.69, 9.17) is 0 Å². The number of carbonyl (C=O) groups is 4. The lowest BCUT2D eigenvalue weighted by molar-refractivity contribution is -0.153. The minimum Gasteiger partial charge on any atom is -0.459 e. The van der Waals surface area contributed by atoms with Crippen LogP contribution in [0.4, 0.5) is 0 Å². The fourth-order valence-electron chi connectivity index (χ4n) is 0.797. The molecule has 0 heterocycles. The molecule has 0 atom stereocenters. The second-order valence-electron chi connectivity index (χ2n) is 3.91. The van der Waals surface area contributed by atoms with Crippen LogP contribution in [0.25, 0.3) is 0 Å². The Morgan fingerprint density at radius 2 is 1.29 bits per heavy atom. The molecule has 0 spiro atoms. The number of carbonyl (C=O) groups excluding carboxylic acids is 4. The van der Waals surface area contributed by atoms with Crippen LogP contribution in [0.15, 0.2) is 36.5 Å². The fraction of sp³-hybridized carbons (Fsp3) is 0.286. The molecule has 7 heteroatoms. The SMILES string of the molecule is C=C(C)C(=O)OCCOC(=O)/C=C\C(=O)OC(=O)C(=C)C. The molecule has 7 nitrogen and oxygen atoms in total.